The first kappa shape index (κ1) is 18.0. The van der Waals surface area contributed by atoms with Crippen LogP contribution in [0.5, 0.6) is 0 Å². The Labute approximate surface area is 147 Å². The molecule has 3 rings (SSSR count). The molecule has 0 unspecified atom stereocenters. The van der Waals surface area contributed by atoms with Gasteiger partial charge < -0.3 is 9.26 Å². The highest BCUT2D eigenvalue weighted by Gasteiger charge is 2.33. The molecule has 2 aromatic rings. The molecule has 0 saturated carbocycles. The van der Waals surface area contributed by atoms with Gasteiger partial charge in [-0.15, -0.1) is 0 Å². The van der Waals surface area contributed by atoms with Crippen LogP contribution in [0.1, 0.15) is 50.3 Å². The van der Waals surface area contributed by atoms with Gasteiger partial charge in [-0.1, -0.05) is 32.0 Å². The summed E-state index contributed by atoms with van der Waals surface area (Å²) in [5.41, 5.74) is 1.05. The van der Waals surface area contributed by atoms with Gasteiger partial charge in [0.2, 0.25) is 10.0 Å². The monoisotopic (exact) mass is 365 g/mol. The SMILES string of the molecule is CC(C)(C)c1cc(CS(=O)(=O)N[C@H]2CCO[C@@H]2c2cccnc2)no1. The maximum atomic E-state index is 12.5. The topological polar surface area (TPSA) is 94.3 Å². The molecule has 0 aromatic carbocycles. The van der Waals surface area contributed by atoms with Crippen LogP contribution in [0.15, 0.2) is 35.1 Å². The quantitative estimate of drug-likeness (QED) is 0.874. The molecule has 1 fully saturated rings. The van der Waals surface area contributed by atoms with E-state index in [-0.39, 0.29) is 23.3 Å². The highest BCUT2D eigenvalue weighted by Crippen LogP contribution is 2.29. The molecule has 136 valence electrons. The van der Waals surface area contributed by atoms with E-state index in [0.29, 0.717) is 24.5 Å². The molecule has 2 atom stereocenters. The third-order valence-electron chi connectivity index (χ3n) is 4.07. The minimum Gasteiger partial charge on any atom is -0.372 e. The van der Waals surface area contributed by atoms with Crippen molar-refractivity contribution in [3.05, 3.63) is 47.6 Å². The van der Waals surface area contributed by atoms with Gasteiger partial charge in [-0.3, -0.25) is 4.98 Å². The van der Waals surface area contributed by atoms with E-state index < -0.39 is 10.0 Å². The molecular formula is C17H23N3O4S. The number of rotatable bonds is 5. The van der Waals surface area contributed by atoms with Crippen molar-refractivity contribution >= 4 is 10.0 Å². The van der Waals surface area contributed by atoms with E-state index in [1.165, 1.54) is 0 Å². The van der Waals surface area contributed by atoms with E-state index in [1.807, 2.05) is 32.9 Å². The fourth-order valence-corrected chi connectivity index (χ4v) is 4.09. The van der Waals surface area contributed by atoms with Gasteiger partial charge in [0.15, 0.2) is 0 Å². The Bertz CT molecular complexity index is 812. The van der Waals surface area contributed by atoms with Crippen LogP contribution in [0.3, 0.4) is 0 Å². The Kier molecular flexibility index (Phi) is 4.95. The summed E-state index contributed by atoms with van der Waals surface area (Å²) >= 11 is 0. The van der Waals surface area contributed by atoms with Crippen LogP contribution >= 0.6 is 0 Å². The van der Waals surface area contributed by atoms with Crippen molar-refractivity contribution in [1.29, 1.82) is 0 Å². The van der Waals surface area contributed by atoms with Gasteiger partial charge in [-0.2, -0.15) is 0 Å². The maximum absolute atomic E-state index is 12.5. The molecule has 0 aliphatic carbocycles. The van der Waals surface area contributed by atoms with Gasteiger partial charge in [-0.05, 0) is 12.5 Å². The molecule has 1 N–H and O–H groups in total. The van der Waals surface area contributed by atoms with E-state index in [1.54, 1.807) is 18.5 Å². The van der Waals surface area contributed by atoms with Crippen LogP contribution in [0, 0.1) is 0 Å². The lowest BCUT2D eigenvalue weighted by Gasteiger charge is -2.19. The number of sulfonamides is 1. The third kappa shape index (κ3) is 4.45. The maximum Gasteiger partial charge on any atom is 0.217 e. The molecule has 2 aromatic heterocycles. The molecule has 0 radical (unpaired) electrons. The second-order valence-corrected chi connectivity index (χ2v) is 9.04. The zero-order valence-corrected chi connectivity index (χ0v) is 15.4. The lowest BCUT2D eigenvalue weighted by Crippen LogP contribution is -2.37. The second-order valence-electron chi connectivity index (χ2n) is 7.28. The van der Waals surface area contributed by atoms with Crippen molar-refractivity contribution in [2.24, 2.45) is 0 Å². The second kappa shape index (κ2) is 6.86. The number of hydrogen-bond donors (Lipinski definition) is 1. The fourth-order valence-electron chi connectivity index (χ4n) is 2.78. The number of ether oxygens (including phenoxy) is 1. The van der Waals surface area contributed by atoms with Crippen LogP contribution in [0.2, 0.25) is 0 Å². The lowest BCUT2D eigenvalue weighted by atomic mass is 9.93. The molecule has 0 bridgehead atoms. The fraction of sp³-hybridized carbons (Fsp3) is 0.529. The molecular weight excluding hydrogens is 342 g/mol. The predicted octanol–water partition coefficient (Wildman–Crippen LogP) is 2.32. The van der Waals surface area contributed by atoms with Crippen LogP contribution in [-0.4, -0.2) is 31.2 Å². The highest BCUT2D eigenvalue weighted by molar-refractivity contribution is 7.88. The van der Waals surface area contributed by atoms with Crippen molar-refractivity contribution < 1.29 is 17.7 Å². The summed E-state index contributed by atoms with van der Waals surface area (Å²) in [5.74, 6) is 0.443. The largest absolute Gasteiger partial charge is 0.372 e. The van der Waals surface area contributed by atoms with Crippen LogP contribution in [0.4, 0.5) is 0 Å². The minimum atomic E-state index is -3.56. The Morgan fingerprint density at radius 1 is 1.36 bits per heavy atom. The average molecular weight is 365 g/mol. The third-order valence-corrected chi connectivity index (χ3v) is 5.41. The summed E-state index contributed by atoms with van der Waals surface area (Å²) in [6, 6.07) is 5.08. The summed E-state index contributed by atoms with van der Waals surface area (Å²) in [6.07, 6.45) is 3.66. The molecule has 1 aliphatic heterocycles. The number of nitrogens with zero attached hydrogens (tertiary/aromatic N) is 2. The van der Waals surface area contributed by atoms with E-state index in [2.05, 4.69) is 14.9 Å². The standard InChI is InChI=1S/C17H23N3O4S/c1-17(2,3)15-9-13(19-24-15)11-25(21,22)20-14-6-8-23-16(14)12-5-4-7-18-10-12/h4-5,7,9-10,14,16,20H,6,8,11H2,1-3H3/t14-,16+/m0/s1. The van der Waals surface area contributed by atoms with Gasteiger partial charge >= 0.3 is 0 Å². The van der Waals surface area contributed by atoms with E-state index >= 15 is 0 Å². The van der Waals surface area contributed by atoms with E-state index in [0.717, 1.165) is 5.56 Å². The average Bonchev–Trinajstić information content (AvgIpc) is 3.16. The molecule has 0 spiro atoms. The van der Waals surface area contributed by atoms with Gasteiger partial charge in [0, 0.05) is 36.0 Å². The van der Waals surface area contributed by atoms with Crippen molar-refractivity contribution in [1.82, 2.24) is 14.9 Å². The van der Waals surface area contributed by atoms with E-state index in [4.69, 9.17) is 9.26 Å². The molecule has 25 heavy (non-hydrogen) atoms. The van der Waals surface area contributed by atoms with Gasteiger partial charge in [0.25, 0.3) is 0 Å². The summed E-state index contributed by atoms with van der Waals surface area (Å²) < 4.78 is 38.7. The Balaban J connectivity index is 1.70. The van der Waals surface area contributed by atoms with Gasteiger partial charge in [-0.25, -0.2) is 13.1 Å². The van der Waals surface area contributed by atoms with E-state index in [9.17, 15) is 8.42 Å². The zero-order valence-electron chi connectivity index (χ0n) is 14.6. The Hall–Kier alpha value is -1.77. The molecule has 1 saturated heterocycles. The Morgan fingerprint density at radius 2 is 2.16 bits per heavy atom. The molecule has 0 amide bonds. The van der Waals surface area contributed by atoms with Crippen LogP contribution < -0.4 is 4.72 Å². The van der Waals surface area contributed by atoms with Gasteiger partial charge in [0.05, 0.1) is 6.04 Å². The molecule has 7 nitrogen and oxygen atoms in total. The smallest absolute Gasteiger partial charge is 0.217 e. The summed E-state index contributed by atoms with van der Waals surface area (Å²) in [4.78, 5) is 4.07. The van der Waals surface area contributed by atoms with Crippen LogP contribution in [0.25, 0.3) is 0 Å². The summed E-state index contributed by atoms with van der Waals surface area (Å²) in [5, 5.41) is 3.88. The van der Waals surface area contributed by atoms with Crippen LogP contribution in [-0.2, 0) is 25.9 Å². The lowest BCUT2D eigenvalue weighted by molar-refractivity contribution is 0.102. The number of hydrogen-bond acceptors (Lipinski definition) is 6. The summed E-state index contributed by atoms with van der Waals surface area (Å²) in [6.45, 7) is 6.46. The Morgan fingerprint density at radius 3 is 2.80 bits per heavy atom. The predicted molar refractivity (Wildman–Crippen MR) is 92.3 cm³/mol. The minimum absolute atomic E-state index is 0.215. The number of nitrogens with one attached hydrogen (secondary N) is 1. The van der Waals surface area contributed by atoms with Crippen molar-refractivity contribution in [3.63, 3.8) is 0 Å². The first-order valence-electron chi connectivity index (χ1n) is 8.22. The molecule has 3 heterocycles. The first-order chi connectivity index (χ1) is 11.7. The number of pyridine rings is 1. The summed E-state index contributed by atoms with van der Waals surface area (Å²) in [7, 11) is -3.56. The number of aromatic nitrogens is 2. The van der Waals surface area contributed by atoms with Crippen molar-refractivity contribution in [2.45, 2.75) is 50.5 Å². The van der Waals surface area contributed by atoms with Crippen molar-refractivity contribution in [3.8, 4) is 0 Å². The van der Waals surface area contributed by atoms with Crippen molar-refractivity contribution in [2.75, 3.05) is 6.61 Å². The highest BCUT2D eigenvalue weighted by atomic mass is 32.2. The molecule has 8 heteroatoms. The first-order valence-corrected chi connectivity index (χ1v) is 9.87. The zero-order chi connectivity index (χ0) is 18.1. The normalized spacial score (nSPS) is 21.6. The van der Waals surface area contributed by atoms with Gasteiger partial charge in [0.1, 0.15) is 23.3 Å². The molecule has 1 aliphatic rings.